The molecule has 0 bridgehead atoms. The Morgan fingerprint density at radius 2 is 2.33 bits per heavy atom. The first-order chi connectivity index (χ1) is 5.88. The minimum Gasteiger partial charge on any atom is -0.464 e. The van der Waals surface area contributed by atoms with Crippen LogP contribution in [0.3, 0.4) is 0 Å². The van der Waals surface area contributed by atoms with E-state index in [1.165, 1.54) is 12.5 Å². The van der Waals surface area contributed by atoms with E-state index in [2.05, 4.69) is 10.5 Å². The number of hydrogen-bond acceptors (Lipinski definition) is 3. The smallest absolute Gasteiger partial charge is 0.276 e. The molecule has 4 heteroatoms. The van der Waals surface area contributed by atoms with Crippen molar-refractivity contribution in [2.45, 2.75) is 0 Å². The first-order valence-corrected chi connectivity index (χ1v) is 3.45. The van der Waals surface area contributed by atoms with Crippen molar-refractivity contribution in [1.82, 2.24) is 5.43 Å². The minimum atomic E-state index is -0.232. The number of amides is 1. The van der Waals surface area contributed by atoms with Crippen LogP contribution in [-0.4, -0.2) is 12.1 Å². The lowest BCUT2D eigenvalue weighted by Gasteiger charge is -2.04. The summed E-state index contributed by atoms with van der Waals surface area (Å²) in [5, 5.41) is 3.60. The van der Waals surface area contributed by atoms with Crippen molar-refractivity contribution in [2.75, 3.05) is 0 Å². The molecule has 2 heterocycles. The molecular weight excluding hydrogens is 156 g/mol. The fourth-order valence-electron chi connectivity index (χ4n) is 0.943. The van der Waals surface area contributed by atoms with Gasteiger partial charge in [-0.2, -0.15) is 5.10 Å². The van der Waals surface area contributed by atoms with Crippen LogP contribution in [0.15, 0.2) is 40.9 Å². The molecule has 0 aliphatic carbocycles. The molecule has 0 saturated carbocycles. The number of nitrogens with one attached hydrogen (secondary N) is 1. The quantitative estimate of drug-likeness (QED) is 0.526. The van der Waals surface area contributed by atoms with Gasteiger partial charge in [0.1, 0.15) is 11.3 Å². The molecule has 4 nitrogen and oxygen atoms in total. The Labute approximate surface area is 68.9 Å². The number of carbonyl (C=O) groups is 1. The third kappa shape index (κ3) is 1.03. The zero-order chi connectivity index (χ0) is 8.39. The molecule has 0 atom stereocenters. The zero-order valence-corrected chi connectivity index (χ0v) is 6.15. The topological polar surface area (TPSA) is 50.7 Å². The number of hydrazone groups is 1. The van der Waals surface area contributed by atoms with Crippen LogP contribution in [0.2, 0.25) is 0 Å². The molecule has 2 aliphatic rings. The Morgan fingerprint density at radius 1 is 1.42 bits per heavy atom. The van der Waals surface area contributed by atoms with E-state index in [-0.39, 0.29) is 5.91 Å². The van der Waals surface area contributed by atoms with Crippen LogP contribution in [-0.2, 0) is 9.53 Å². The van der Waals surface area contributed by atoms with E-state index in [0.29, 0.717) is 11.3 Å². The zero-order valence-electron chi connectivity index (χ0n) is 6.15. The molecule has 0 radical (unpaired) electrons. The first-order valence-electron chi connectivity index (χ1n) is 3.45. The monoisotopic (exact) mass is 162 g/mol. The minimum absolute atomic E-state index is 0.232. The third-order valence-electron chi connectivity index (χ3n) is 1.50. The van der Waals surface area contributed by atoms with Gasteiger partial charge < -0.3 is 4.74 Å². The number of nitrogens with zero attached hydrogens (tertiary/aromatic N) is 1. The average Bonchev–Trinajstić information content (AvgIpc) is 2.53. The van der Waals surface area contributed by atoms with Gasteiger partial charge in [-0.3, -0.25) is 4.79 Å². The molecule has 60 valence electrons. The molecule has 0 aromatic heterocycles. The molecule has 0 saturated heterocycles. The van der Waals surface area contributed by atoms with Crippen LogP contribution in [0.5, 0.6) is 0 Å². The molecular formula is C8H6N2O2. The second-order valence-corrected chi connectivity index (χ2v) is 2.28. The van der Waals surface area contributed by atoms with Crippen molar-refractivity contribution in [3.05, 3.63) is 35.8 Å². The van der Waals surface area contributed by atoms with Crippen LogP contribution in [0, 0.1) is 0 Å². The summed E-state index contributed by atoms with van der Waals surface area (Å²) < 4.78 is 5.09. The standard InChI is InChI=1S/C8H6N2O2/c11-8-6(5-9-10-8)7-3-1-2-4-12-7/h1-5H,(H,10,11). The highest BCUT2D eigenvalue weighted by molar-refractivity contribution is 6.16. The van der Waals surface area contributed by atoms with Crippen molar-refractivity contribution in [1.29, 1.82) is 0 Å². The van der Waals surface area contributed by atoms with Crippen LogP contribution in [0.4, 0.5) is 0 Å². The van der Waals surface area contributed by atoms with E-state index >= 15 is 0 Å². The van der Waals surface area contributed by atoms with Gasteiger partial charge in [0.05, 0.1) is 12.5 Å². The fraction of sp³-hybridized carbons (Fsp3) is 0. The predicted molar refractivity (Wildman–Crippen MR) is 43.0 cm³/mol. The van der Waals surface area contributed by atoms with E-state index in [1.54, 1.807) is 18.2 Å². The van der Waals surface area contributed by atoms with Gasteiger partial charge in [0.2, 0.25) is 0 Å². The van der Waals surface area contributed by atoms with Gasteiger partial charge in [-0.15, -0.1) is 0 Å². The number of carbonyl (C=O) groups excluding carboxylic acids is 1. The third-order valence-corrected chi connectivity index (χ3v) is 1.50. The Bertz CT molecular complexity index is 337. The Morgan fingerprint density at radius 3 is 2.92 bits per heavy atom. The van der Waals surface area contributed by atoms with E-state index in [1.807, 2.05) is 0 Å². The van der Waals surface area contributed by atoms with Gasteiger partial charge in [-0.05, 0) is 12.2 Å². The lowest BCUT2D eigenvalue weighted by Crippen LogP contribution is -2.13. The van der Waals surface area contributed by atoms with Crippen LogP contribution < -0.4 is 5.43 Å². The molecule has 2 rings (SSSR count). The average molecular weight is 162 g/mol. The van der Waals surface area contributed by atoms with E-state index in [4.69, 9.17) is 4.74 Å². The van der Waals surface area contributed by atoms with Crippen molar-refractivity contribution in [3.8, 4) is 0 Å². The van der Waals surface area contributed by atoms with Crippen LogP contribution in [0.25, 0.3) is 0 Å². The predicted octanol–water partition coefficient (Wildman–Crippen LogP) is 0.456. The molecule has 0 fully saturated rings. The maximum atomic E-state index is 11.0. The van der Waals surface area contributed by atoms with Gasteiger partial charge in [0.25, 0.3) is 5.91 Å². The summed E-state index contributed by atoms with van der Waals surface area (Å²) >= 11 is 0. The summed E-state index contributed by atoms with van der Waals surface area (Å²) in [6, 6.07) is 0. The highest BCUT2D eigenvalue weighted by atomic mass is 16.5. The largest absolute Gasteiger partial charge is 0.464 e. The van der Waals surface area contributed by atoms with E-state index < -0.39 is 0 Å². The summed E-state index contributed by atoms with van der Waals surface area (Å²) in [6.45, 7) is 0. The number of rotatable bonds is 0. The second kappa shape index (κ2) is 2.65. The molecule has 1 N–H and O–H groups in total. The summed E-state index contributed by atoms with van der Waals surface area (Å²) in [7, 11) is 0. The molecule has 12 heavy (non-hydrogen) atoms. The summed E-state index contributed by atoms with van der Waals surface area (Å²) in [5.74, 6) is 0.293. The summed E-state index contributed by atoms with van der Waals surface area (Å²) in [4.78, 5) is 11.0. The van der Waals surface area contributed by atoms with Gasteiger partial charge in [0, 0.05) is 0 Å². The van der Waals surface area contributed by atoms with E-state index in [9.17, 15) is 4.79 Å². The molecule has 0 spiro atoms. The molecule has 1 amide bonds. The highest BCUT2D eigenvalue weighted by Gasteiger charge is 2.17. The Kier molecular flexibility index (Phi) is 1.51. The molecule has 0 aromatic carbocycles. The first kappa shape index (κ1) is 6.84. The maximum absolute atomic E-state index is 11.0. The van der Waals surface area contributed by atoms with Gasteiger partial charge in [-0.1, -0.05) is 6.08 Å². The Hall–Kier alpha value is -1.84. The number of ether oxygens (including phenoxy) is 1. The van der Waals surface area contributed by atoms with Crippen molar-refractivity contribution in [2.24, 2.45) is 5.10 Å². The number of hydrogen-bond donors (Lipinski definition) is 1. The van der Waals surface area contributed by atoms with Crippen molar-refractivity contribution < 1.29 is 9.53 Å². The molecule has 0 aromatic rings. The Balaban J connectivity index is 2.36. The van der Waals surface area contributed by atoms with Crippen LogP contribution >= 0.6 is 0 Å². The number of allylic oxidation sites excluding steroid dienone is 3. The van der Waals surface area contributed by atoms with E-state index in [0.717, 1.165) is 0 Å². The van der Waals surface area contributed by atoms with Crippen molar-refractivity contribution in [3.63, 3.8) is 0 Å². The van der Waals surface area contributed by atoms with Gasteiger partial charge >= 0.3 is 0 Å². The summed E-state index contributed by atoms with van der Waals surface area (Å²) in [5.41, 5.74) is 2.76. The molecule has 0 unspecified atom stereocenters. The maximum Gasteiger partial charge on any atom is 0.276 e. The van der Waals surface area contributed by atoms with Crippen LogP contribution in [0.1, 0.15) is 0 Å². The SMILES string of the molecule is O=C1NN=CC1=C1C=CC=CO1. The molecule has 2 aliphatic heterocycles. The van der Waals surface area contributed by atoms with Gasteiger partial charge in [0.15, 0.2) is 0 Å². The normalized spacial score (nSPS) is 25.8. The second-order valence-electron chi connectivity index (χ2n) is 2.28. The van der Waals surface area contributed by atoms with Crippen molar-refractivity contribution >= 4 is 12.1 Å². The lowest BCUT2D eigenvalue weighted by molar-refractivity contribution is -0.116. The highest BCUT2D eigenvalue weighted by Crippen LogP contribution is 2.13. The van der Waals surface area contributed by atoms with Gasteiger partial charge in [-0.25, -0.2) is 5.43 Å². The lowest BCUT2D eigenvalue weighted by atomic mass is 10.2. The summed E-state index contributed by atoms with van der Waals surface area (Å²) in [6.07, 6.45) is 8.22. The fourth-order valence-corrected chi connectivity index (χ4v) is 0.943.